The second-order valence-corrected chi connectivity index (χ2v) is 6.89. The second-order valence-electron chi connectivity index (χ2n) is 6.89. The molecule has 2 aliphatic heterocycles. The van der Waals surface area contributed by atoms with Gasteiger partial charge in [-0.25, -0.2) is 0 Å². The minimum atomic E-state index is 0.0801. The Morgan fingerprint density at radius 3 is 2.68 bits per heavy atom. The van der Waals surface area contributed by atoms with E-state index in [0.717, 1.165) is 25.1 Å². The number of nitrogens with zero attached hydrogens (tertiary/aromatic N) is 6. The van der Waals surface area contributed by atoms with Gasteiger partial charge >= 0.3 is 0 Å². The third-order valence-corrected chi connectivity index (χ3v) is 5.18. The molecular weight excluding hydrogens is 316 g/mol. The lowest BCUT2D eigenvalue weighted by atomic mass is 10.1. The van der Waals surface area contributed by atoms with E-state index in [4.69, 9.17) is 0 Å². The lowest BCUT2D eigenvalue weighted by molar-refractivity contribution is -0.131. The van der Waals surface area contributed by atoms with Crippen LogP contribution in [-0.2, 0) is 11.3 Å². The van der Waals surface area contributed by atoms with Crippen molar-refractivity contribution in [2.45, 2.75) is 38.3 Å². The number of aromatic nitrogens is 4. The maximum atomic E-state index is 12.6. The van der Waals surface area contributed by atoms with Gasteiger partial charge in [0.15, 0.2) is 0 Å². The molecular formula is C18H24N6O. The van der Waals surface area contributed by atoms with E-state index in [0.29, 0.717) is 11.9 Å². The molecule has 7 heteroatoms. The van der Waals surface area contributed by atoms with E-state index in [1.165, 1.54) is 37.1 Å². The predicted octanol–water partition coefficient (Wildman–Crippen LogP) is 1.43. The fourth-order valence-electron chi connectivity index (χ4n) is 3.78. The summed E-state index contributed by atoms with van der Waals surface area (Å²) >= 11 is 0. The first-order chi connectivity index (χ1) is 12.3. The first-order valence-electron chi connectivity index (χ1n) is 9.15. The zero-order valence-corrected chi connectivity index (χ0v) is 14.4. The Bertz CT molecular complexity index is 709. The standard InChI is InChI=1S/C18H24N6O/c25-17(23-12-9-16(13-23)22-10-5-2-6-11-22)14-24-20-18(19-21-24)15-7-3-1-4-8-15/h1,3-4,7-8,16H,2,5-6,9-14H2. The van der Waals surface area contributed by atoms with Gasteiger partial charge in [-0.3, -0.25) is 9.69 Å². The topological polar surface area (TPSA) is 67.2 Å². The number of piperidine rings is 1. The van der Waals surface area contributed by atoms with Crippen LogP contribution in [0.2, 0.25) is 0 Å². The van der Waals surface area contributed by atoms with Crippen molar-refractivity contribution >= 4 is 5.91 Å². The van der Waals surface area contributed by atoms with Crippen LogP contribution in [0.1, 0.15) is 25.7 Å². The number of hydrogen-bond acceptors (Lipinski definition) is 5. The molecule has 0 saturated carbocycles. The highest BCUT2D eigenvalue weighted by Gasteiger charge is 2.31. The van der Waals surface area contributed by atoms with E-state index in [2.05, 4.69) is 20.3 Å². The molecule has 3 heterocycles. The molecule has 0 aliphatic carbocycles. The summed E-state index contributed by atoms with van der Waals surface area (Å²) in [6, 6.07) is 10.2. The van der Waals surface area contributed by atoms with Crippen molar-refractivity contribution in [3.05, 3.63) is 30.3 Å². The number of rotatable bonds is 4. The molecule has 0 radical (unpaired) electrons. The van der Waals surface area contributed by atoms with Crippen LogP contribution in [0.15, 0.2) is 30.3 Å². The maximum absolute atomic E-state index is 12.6. The molecule has 1 aromatic carbocycles. The molecule has 2 saturated heterocycles. The van der Waals surface area contributed by atoms with Crippen LogP contribution < -0.4 is 0 Å². The summed E-state index contributed by atoms with van der Waals surface area (Å²) in [4.78, 5) is 18.5. The smallest absolute Gasteiger partial charge is 0.246 e. The normalized spacial score (nSPS) is 21.6. The summed E-state index contributed by atoms with van der Waals surface area (Å²) in [5.41, 5.74) is 0.910. The Balaban J connectivity index is 1.34. The maximum Gasteiger partial charge on any atom is 0.246 e. The average molecular weight is 340 g/mol. The quantitative estimate of drug-likeness (QED) is 0.842. The van der Waals surface area contributed by atoms with Gasteiger partial charge in [-0.1, -0.05) is 36.8 Å². The van der Waals surface area contributed by atoms with Gasteiger partial charge in [-0.05, 0) is 37.6 Å². The summed E-state index contributed by atoms with van der Waals surface area (Å²) < 4.78 is 0. The molecule has 1 atom stereocenters. The van der Waals surface area contributed by atoms with Crippen LogP contribution in [-0.4, -0.2) is 68.1 Å². The zero-order chi connectivity index (χ0) is 17.1. The third-order valence-electron chi connectivity index (χ3n) is 5.18. The second kappa shape index (κ2) is 7.31. The molecule has 1 aromatic heterocycles. The number of amides is 1. The number of likely N-dealkylation sites (tertiary alicyclic amines) is 2. The molecule has 1 amide bonds. The van der Waals surface area contributed by atoms with Crippen molar-refractivity contribution < 1.29 is 4.79 Å². The molecule has 25 heavy (non-hydrogen) atoms. The van der Waals surface area contributed by atoms with Crippen LogP contribution in [0.25, 0.3) is 11.4 Å². The van der Waals surface area contributed by atoms with Crippen LogP contribution in [0, 0.1) is 0 Å². The molecule has 2 aliphatic rings. The summed E-state index contributed by atoms with van der Waals surface area (Å²) in [5, 5.41) is 12.4. The molecule has 7 nitrogen and oxygen atoms in total. The van der Waals surface area contributed by atoms with Gasteiger partial charge in [0, 0.05) is 24.7 Å². The predicted molar refractivity (Wildman–Crippen MR) is 93.7 cm³/mol. The van der Waals surface area contributed by atoms with Gasteiger partial charge in [0.2, 0.25) is 11.7 Å². The van der Waals surface area contributed by atoms with E-state index >= 15 is 0 Å². The summed E-state index contributed by atoms with van der Waals surface area (Å²) in [6.07, 6.45) is 4.99. The van der Waals surface area contributed by atoms with Crippen LogP contribution in [0.5, 0.6) is 0 Å². The van der Waals surface area contributed by atoms with Crippen LogP contribution in [0.3, 0.4) is 0 Å². The highest BCUT2D eigenvalue weighted by molar-refractivity contribution is 5.76. The van der Waals surface area contributed by atoms with Crippen LogP contribution in [0.4, 0.5) is 0 Å². The Hall–Kier alpha value is -2.28. The van der Waals surface area contributed by atoms with E-state index in [1.807, 2.05) is 35.2 Å². The molecule has 132 valence electrons. The van der Waals surface area contributed by atoms with Crippen molar-refractivity contribution in [2.24, 2.45) is 0 Å². The molecule has 1 unspecified atom stereocenters. The average Bonchev–Trinajstić information content (AvgIpc) is 3.33. The number of carbonyl (C=O) groups is 1. The first-order valence-corrected chi connectivity index (χ1v) is 9.15. The fourth-order valence-corrected chi connectivity index (χ4v) is 3.78. The van der Waals surface area contributed by atoms with Gasteiger partial charge in [-0.15, -0.1) is 10.2 Å². The zero-order valence-electron chi connectivity index (χ0n) is 14.4. The van der Waals surface area contributed by atoms with Crippen molar-refractivity contribution in [2.75, 3.05) is 26.2 Å². The molecule has 4 rings (SSSR count). The monoisotopic (exact) mass is 340 g/mol. The number of tetrazole rings is 1. The summed E-state index contributed by atoms with van der Waals surface area (Å²) in [5.74, 6) is 0.637. The Kier molecular flexibility index (Phi) is 4.74. The summed E-state index contributed by atoms with van der Waals surface area (Å²) in [6.45, 7) is 4.18. The molecule has 0 spiro atoms. The molecule has 0 N–H and O–H groups in total. The van der Waals surface area contributed by atoms with E-state index in [1.54, 1.807) is 0 Å². The minimum Gasteiger partial charge on any atom is -0.339 e. The highest BCUT2D eigenvalue weighted by atomic mass is 16.2. The van der Waals surface area contributed by atoms with Gasteiger partial charge in [0.05, 0.1) is 0 Å². The van der Waals surface area contributed by atoms with Gasteiger partial charge in [0.25, 0.3) is 0 Å². The lowest BCUT2D eigenvalue weighted by Gasteiger charge is -2.32. The number of hydrogen-bond donors (Lipinski definition) is 0. The Morgan fingerprint density at radius 2 is 1.88 bits per heavy atom. The highest BCUT2D eigenvalue weighted by Crippen LogP contribution is 2.20. The van der Waals surface area contributed by atoms with Gasteiger partial charge in [-0.2, -0.15) is 4.80 Å². The van der Waals surface area contributed by atoms with Crippen molar-refractivity contribution in [1.29, 1.82) is 0 Å². The minimum absolute atomic E-state index is 0.0801. The van der Waals surface area contributed by atoms with E-state index in [-0.39, 0.29) is 12.5 Å². The third kappa shape index (κ3) is 3.71. The fraction of sp³-hybridized carbons (Fsp3) is 0.556. The largest absolute Gasteiger partial charge is 0.339 e. The van der Waals surface area contributed by atoms with E-state index < -0.39 is 0 Å². The van der Waals surface area contributed by atoms with Crippen molar-refractivity contribution in [1.82, 2.24) is 30.0 Å². The molecule has 2 fully saturated rings. The molecule has 2 aromatic rings. The number of benzene rings is 1. The number of carbonyl (C=O) groups excluding carboxylic acids is 1. The van der Waals surface area contributed by atoms with Crippen molar-refractivity contribution in [3.8, 4) is 11.4 Å². The Labute approximate surface area is 147 Å². The van der Waals surface area contributed by atoms with Gasteiger partial charge < -0.3 is 4.90 Å². The lowest BCUT2D eigenvalue weighted by Crippen LogP contribution is -2.42. The van der Waals surface area contributed by atoms with E-state index in [9.17, 15) is 4.79 Å². The summed E-state index contributed by atoms with van der Waals surface area (Å²) in [7, 11) is 0. The van der Waals surface area contributed by atoms with Crippen molar-refractivity contribution in [3.63, 3.8) is 0 Å². The Morgan fingerprint density at radius 1 is 1.08 bits per heavy atom. The van der Waals surface area contributed by atoms with Crippen LogP contribution >= 0.6 is 0 Å². The van der Waals surface area contributed by atoms with Gasteiger partial charge in [0.1, 0.15) is 6.54 Å². The first kappa shape index (κ1) is 16.2. The SMILES string of the molecule is O=C(Cn1nnc(-c2ccccc2)n1)N1CCC(N2CCCCC2)C1. The molecule has 0 bridgehead atoms.